The number of aryl methyl sites for hydroxylation is 1. The summed E-state index contributed by atoms with van der Waals surface area (Å²) in [7, 11) is 0. The highest BCUT2D eigenvalue weighted by Gasteiger charge is 2.38. The molecule has 0 radical (unpaired) electrons. The van der Waals surface area contributed by atoms with Crippen LogP contribution in [0, 0.1) is 6.92 Å². The highest BCUT2D eigenvalue weighted by Crippen LogP contribution is 2.35. The van der Waals surface area contributed by atoms with Crippen molar-refractivity contribution < 1.29 is 9.53 Å². The van der Waals surface area contributed by atoms with Gasteiger partial charge in [0, 0.05) is 28.9 Å². The summed E-state index contributed by atoms with van der Waals surface area (Å²) in [6.45, 7) is 3.34. The zero-order valence-corrected chi connectivity index (χ0v) is 19.2. The van der Waals surface area contributed by atoms with E-state index in [0.29, 0.717) is 18.9 Å². The third-order valence-corrected chi connectivity index (χ3v) is 7.06. The quantitative estimate of drug-likeness (QED) is 0.580. The van der Waals surface area contributed by atoms with Crippen LogP contribution < -0.4 is 5.32 Å². The summed E-state index contributed by atoms with van der Waals surface area (Å²) < 4.78 is 8.63. The molecule has 1 amide bonds. The molecule has 5 rings (SSSR count). The van der Waals surface area contributed by atoms with Crippen molar-refractivity contribution in [1.29, 1.82) is 0 Å². The summed E-state index contributed by atoms with van der Waals surface area (Å²) in [6.07, 6.45) is 4.40. The Labute approximate surface area is 190 Å². The van der Waals surface area contributed by atoms with Gasteiger partial charge in [0.15, 0.2) is 5.69 Å². The highest BCUT2D eigenvalue weighted by molar-refractivity contribution is 9.10. The van der Waals surface area contributed by atoms with E-state index in [0.717, 1.165) is 59.0 Å². The van der Waals surface area contributed by atoms with Gasteiger partial charge in [-0.2, -0.15) is 5.10 Å². The van der Waals surface area contributed by atoms with Crippen molar-refractivity contribution in [2.24, 2.45) is 0 Å². The lowest BCUT2D eigenvalue weighted by molar-refractivity contribution is 0.0343. The fraction of sp³-hybridized carbons (Fsp3) is 0.360. The second kappa shape index (κ2) is 8.24. The number of nitrogens with zero attached hydrogens (tertiary/aromatic N) is 2. The topological polar surface area (TPSA) is 56.2 Å². The zero-order valence-electron chi connectivity index (χ0n) is 17.7. The van der Waals surface area contributed by atoms with Crippen molar-refractivity contribution in [3.63, 3.8) is 0 Å². The van der Waals surface area contributed by atoms with Crippen molar-refractivity contribution in [2.45, 2.75) is 44.6 Å². The number of carbonyl (C=O) groups is 1. The van der Waals surface area contributed by atoms with Crippen LogP contribution in [0.25, 0.3) is 5.69 Å². The summed E-state index contributed by atoms with van der Waals surface area (Å²) in [5.41, 5.74) is 5.69. The lowest BCUT2D eigenvalue weighted by atomic mass is 9.82. The van der Waals surface area contributed by atoms with Crippen molar-refractivity contribution >= 4 is 21.8 Å². The first-order chi connectivity index (χ1) is 15.1. The molecule has 5 nitrogen and oxygen atoms in total. The first-order valence-electron chi connectivity index (χ1n) is 10.9. The lowest BCUT2D eigenvalue weighted by Crippen LogP contribution is -2.49. The number of aromatic nitrogens is 2. The van der Waals surface area contributed by atoms with Gasteiger partial charge < -0.3 is 10.1 Å². The third-order valence-electron chi connectivity index (χ3n) is 6.57. The Hall–Kier alpha value is -2.44. The van der Waals surface area contributed by atoms with Crippen LogP contribution in [0.15, 0.2) is 53.0 Å². The summed E-state index contributed by atoms with van der Waals surface area (Å²) in [5.74, 6) is -0.0904. The van der Waals surface area contributed by atoms with E-state index in [4.69, 9.17) is 9.84 Å². The molecule has 0 bridgehead atoms. The van der Waals surface area contributed by atoms with Crippen LogP contribution in [0.1, 0.15) is 52.1 Å². The molecule has 0 spiro atoms. The second-order valence-electron chi connectivity index (χ2n) is 8.48. The maximum Gasteiger partial charge on any atom is 0.272 e. The van der Waals surface area contributed by atoms with Crippen molar-refractivity contribution in [1.82, 2.24) is 15.1 Å². The van der Waals surface area contributed by atoms with Gasteiger partial charge in [-0.15, -0.1) is 0 Å². The van der Waals surface area contributed by atoms with Crippen LogP contribution in [0.4, 0.5) is 0 Å². The molecule has 6 heteroatoms. The molecule has 0 atom stereocenters. The zero-order chi connectivity index (χ0) is 21.4. The Morgan fingerprint density at radius 3 is 2.71 bits per heavy atom. The smallest absolute Gasteiger partial charge is 0.272 e. The molecule has 0 saturated carbocycles. The average molecular weight is 480 g/mol. The Bertz CT molecular complexity index is 1130. The second-order valence-corrected chi connectivity index (χ2v) is 9.40. The van der Waals surface area contributed by atoms with Crippen molar-refractivity contribution in [3.8, 4) is 5.69 Å². The number of carbonyl (C=O) groups excluding carboxylic acids is 1. The molecule has 2 aromatic carbocycles. The predicted molar refractivity (Wildman–Crippen MR) is 124 cm³/mol. The molecule has 2 heterocycles. The molecule has 2 aliphatic rings. The van der Waals surface area contributed by atoms with E-state index in [1.54, 1.807) is 0 Å². The molecular weight excluding hydrogens is 454 g/mol. The van der Waals surface area contributed by atoms with E-state index >= 15 is 0 Å². The Kier molecular flexibility index (Phi) is 5.44. The van der Waals surface area contributed by atoms with E-state index < -0.39 is 5.54 Å². The predicted octanol–water partition coefficient (Wildman–Crippen LogP) is 4.87. The number of rotatable bonds is 4. The maximum absolute atomic E-state index is 13.6. The molecule has 160 valence electrons. The minimum absolute atomic E-state index is 0.0904. The van der Waals surface area contributed by atoms with Gasteiger partial charge in [0.1, 0.15) is 0 Å². The number of halogens is 1. The van der Waals surface area contributed by atoms with Gasteiger partial charge in [-0.05, 0) is 68.4 Å². The monoisotopic (exact) mass is 479 g/mol. The molecule has 3 aromatic rings. The van der Waals surface area contributed by atoms with Crippen molar-refractivity contribution in [3.05, 3.63) is 81.1 Å². The molecule has 1 saturated heterocycles. The Morgan fingerprint density at radius 1 is 1.13 bits per heavy atom. The number of nitrogens with one attached hydrogen (secondary N) is 1. The van der Waals surface area contributed by atoms with Gasteiger partial charge in [-0.3, -0.25) is 4.79 Å². The molecule has 1 N–H and O–H groups in total. The van der Waals surface area contributed by atoms with E-state index in [-0.39, 0.29) is 5.91 Å². The minimum Gasteiger partial charge on any atom is -0.381 e. The van der Waals surface area contributed by atoms with Crippen LogP contribution in [-0.2, 0) is 23.1 Å². The summed E-state index contributed by atoms with van der Waals surface area (Å²) >= 11 is 3.58. The highest BCUT2D eigenvalue weighted by atomic mass is 79.9. The van der Waals surface area contributed by atoms with Crippen LogP contribution in [-0.4, -0.2) is 28.9 Å². The number of hydrogen-bond donors (Lipinski definition) is 1. The fourth-order valence-corrected chi connectivity index (χ4v) is 5.29. The molecule has 1 fully saturated rings. The van der Waals surface area contributed by atoms with Gasteiger partial charge in [-0.25, -0.2) is 4.68 Å². The Balaban J connectivity index is 1.53. The van der Waals surface area contributed by atoms with E-state index in [1.165, 1.54) is 5.69 Å². The van der Waals surface area contributed by atoms with Crippen LogP contribution >= 0.6 is 15.9 Å². The number of hydrogen-bond acceptors (Lipinski definition) is 3. The van der Waals surface area contributed by atoms with Gasteiger partial charge in [0.2, 0.25) is 0 Å². The standard InChI is InChI=1S/C25H26BrN3O2/c1-17-6-2-3-10-21(17)29-22-11-5-9-20(22)23(28-29)24(30)27-25(12-14-31-15-13-25)18-7-4-8-19(26)16-18/h2-4,6-8,10,16H,5,9,11-15H2,1H3,(H,27,30). The summed E-state index contributed by atoms with van der Waals surface area (Å²) in [6, 6.07) is 16.4. The maximum atomic E-state index is 13.6. The van der Waals surface area contributed by atoms with Gasteiger partial charge in [-0.1, -0.05) is 46.3 Å². The lowest BCUT2D eigenvalue weighted by Gasteiger charge is -2.38. The summed E-state index contributed by atoms with van der Waals surface area (Å²) in [5, 5.41) is 8.22. The average Bonchev–Trinajstić information content (AvgIpc) is 3.38. The Morgan fingerprint density at radius 2 is 1.94 bits per heavy atom. The SMILES string of the molecule is Cc1ccccc1-n1nc(C(=O)NC2(c3cccc(Br)c3)CCOCC2)c2c1CCC2. The first-order valence-corrected chi connectivity index (χ1v) is 11.7. The van der Waals surface area contributed by atoms with E-state index in [9.17, 15) is 4.79 Å². The third kappa shape index (κ3) is 3.72. The van der Waals surface area contributed by atoms with Crippen molar-refractivity contribution in [2.75, 3.05) is 13.2 Å². The molecule has 1 aromatic heterocycles. The molecular formula is C25H26BrN3O2. The van der Waals surface area contributed by atoms with E-state index in [1.807, 2.05) is 28.9 Å². The number of benzene rings is 2. The molecule has 0 unspecified atom stereocenters. The fourth-order valence-electron chi connectivity index (χ4n) is 4.89. The van der Waals surface area contributed by atoms with Crippen LogP contribution in [0.3, 0.4) is 0 Å². The van der Waals surface area contributed by atoms with E-state index in [2.05, 4.69) is 52.4 Å². The first kappa shape index (κ1) is 20.5. The van der Waals surface area contributed by atoms with Gasteiger partial charge in [0.25, 0.3) is 5.91 Å². The minimum atomic E-state index is -0.447. The van der Waals surface area contributed by atoms with Gasteiger partial charge >= 0.3 is 0 Å². The molecule has 1 aliphatic heterocycles. The molecule has 31 heavy (non-hydrogen) atoms. The number of ether oxygens (including phenoxy) is 1. The van der Waals surface area contributed by atoms with Gasteiger partial charge in [0.05, 0.1) is 11.2 Å². The summed E-state index contributed by atoms with van der Waals surface area (Å²) in [4.78, 5) is 13.6. The number of amides is 1. The number of fused-ring (bicyclic) bond motifs is 1. The number of para-hydroxylation sites is 1. The largest absolute Gasteiger partial charge is 0.381 e. The molecule has 1 aliphatic carbocycles. The normalized spacial score (nSPS) is 17.4. The van der Waals surface area contributed by atoms with Crippen LogP contribution in [0.2, 0.25) is 0 Å². The van der Waals surface area contributed by atoms with Crippen LogP contribution in [0.5, 0.6) is 0 Å².